The number of likely N-dealkylation sites (N-methyl/N-ethyl adjacent to an activating group) is 1. The Bertz CT molecular complexity index is 599. The predicted molar refractivity (Wildman–Crippen MR) is 82.4 cm³/mol. The molecule has 0 saturated carbocycles. The Morgan fingerprint density at radius 1 is 1.15 bits per heavy atom. The summed E-state index contributed by atoms with van der Waals surface area (Å²) in [5.41, 5.74) is 3.66. The van der Waals surface area contributed by atoms with Gasteiger partial charge in [0.2, 0.25) is 0 Å². The molecule has 2 unspecified atom stereocenters. The quantitative estimate of drug-likeness (QED) is 0.640. The van der Waals surface area contributed by atoms with Crippen LogP contribution in [0.4, 0.5) is 0 Å². The molecule has 0 amide bonds. The SMILES string of the molecule is CN1CC(c2ccccc2)c2cc(O)ccc2CC1Cl. The van der Waals surface area contributed by atoms with Gasteiger partial charge in [-0.25, -0.2) is 0 Å². The van der Waals surface area contributed by atoms with Crippen LogP contribution in [0.5, 0.6) is 5.75 Å². The van der Waals surface area contributed by atoms with Gasteiger partial charge in [0.1, 0.15) is 5.75 Å². The number of nitrogens with zero attached hydrogens (tertiary/aromatic N) is 1. The third-order valence-corrected chi connectivity index (χ3v) is 4.53. The first-order valence-corrected chi connectivity index (χ1v) is 7.30. The number of aromatic hydroxyl groups is 1. The van der Waals surface area contributed by atoms with Gasteiger partial charge in [-0.2, -0.15) is 0 Å². The van der Waals surface area contributed by atoms with Crippen LogP contribution in [0.15, 0.2) is 48.5 Å². The van der Waals surface area contributed by atoms with E-state index in [1.165, 1.54) is 16.7 Å². The van der Waals surface area contributed by atoms with Crippen molar-refractivity contribution in [1.29, 1.82) is 0 Å². The molecule has 3 rings (SSSR count). The van der Waals surface area contributed by atoms with Crippen molar-refractivity contribution in [3.05, 3.63) is 65.2 Å². The summed E-state index contributed by atoms with van der Waals surface area (Å²) in [6.07, 6.45) is 0.803. The first-order valence-electron chi connectivity index (χ1n) is 6.86. The molecule has 1 heterocycles. The van der Waals surface area contributed by atoms with E-state index in [0.29, 0.717) is 5.75 Å². The van der Waals surface area contributed by atoms with Crippen LogP contribution in [0, 0.1) is 0 Å². The fourth-order valence-corrected chi connectivity index (χ4v) is 3.15. The monoisotopic (exact) mass is 287 g/mol. The Morgan fingerprint density at radius 2 is 1.90 bits per heavy atom. The van der Waals surface area contributed by atoms with E-state index in [1.807, 2.05) is 18.2 Å². The average Bonchev–Trinajstić information content (AvgIpc) is 2.58. The van der Waals surface area contributed by atoms with E-state index >= 15 is 0 Å². The molecule has 1 aliphatic heterocycles. The van der Waals surface area contributed by atoms with Crippen LogP contribution in [0.3, 0.4) is 0 Å². The maximum absolute atomic E-state index is 9.83. The molecule has 0 saturated heterocycles. The van der Waals surface area contributed by atoms with Crippen LogP contribution < -0.4 is 0 Å². The van der Waals surface area contributed by atoms with Gasteiger partial charge in [0, 0.05) is 18.9 Å². The molecule has 20 heavy (non-hydrogen) atoms. The second-order valence-corrected chi connectivity index (χ2v) is 5.93. The van der Waals surface area contributed by atoms with Gasteiger partial charge >= 0.3 is 0 Å². The molecule has 1 N–H and O–H groups in total. The number of hydrogen-bond acceptors (Lipinski definition) is 2. The lowest BCUT2D eigenvalue weighted by molar-refractivity contribution is 0.307. The third kappa shape index (κ3) is 2.54. The zero-order valence-corrected chi connectivity index (χ0v) is 12.2. The van der Waals surface area contributed by atoms with Crippen LogP contribution in [-0.4, -0.2) is 29.1 Å². The number of halogens is 1. The summed E-state index contributed by atoms with van der Waals surface area (Å²) in [6.45, 7) is 0.856. The van der Waals surface area contributed by atoms with E-state index in [2.05, 4.69) is 36.2 Å². The Balaban J connectivity index is 2.11. The molecule has 0 spiro atoms. The Kier molecular flexibility index (Phi) is 3.68. The van der Waals surface area contributed by atoms with Crippen molar-refractivity contribution >= 4 is 11.6 Å². The lowest BCUT2D eigenvalue weighted by atomic mass is 9.88. The Labute approximate surface area is 124 Å². The van der Waals surface area contributed by atoms with E-state index in [1.54, 1.807) is 6.07 Å². The first kappa shape index (κ1) is 13.5. The van der Waals surface area contributed by atoms with Gasteiger partial charge in [-0.05, 0) is 35.9 Å². The fraction of sp³-hybridized carbons (Fsp3) is 0.294. The number of benzene rings is 2. The van der Waals surface area contributed by atoms with Crippen molar-refractivity contribution in [3.63, 3.8) is 0 Å². The molecule has 0 fully saturated rings. The molecule has 0 bridgehead atoms. The topological polar surface area (TPSA) is 23.5 Å². The predicted octanol–water partition coefficient (Wildman–Crippen LogP) is 3.58. The highest BCUT2D eigenvalue weighted by atomic mass is 35.5. The van der Waals surface area contributed by atoms with Crippen molar-refractivity contribution in [2.24, 2.45) is 0 Å². The van der Waals surface area contributed by atoms with E-state index < -0.39 is 0 Å². The van der Waals surface area contributed by atoms with E-state index in [-0.39, 0.29) is 11.4 Å². The van der Waals surface area contributed by atoms with Crippen molar-refractivity contribution in [3.8, 4) is 5.75 Å². The van der Waals surface area contributed by atoms with Gasteiger partial charge in [-0.1, -0.05) is 36.4 Å². The highest BCUT2D eigenvalue weighted by Gasteiger charge is 2.27. The molecule has 2 atom stereocenters. The van der Waals surface area contributed by atoms with Crippen molar-refractivity contribution < 1.29 is 5.11 Å². The van der Waals surface area contributed by atoms with E-state index in [0.717, 1.165) is 13.0 Å². The molecule has 0 aromatic heterocycles. The lowest BCUT2D eigenvalue weighted by Crippen LogP contribution is -2.30. The summed E-state index contributed by atoms with van der Waals surface area (Å²) in [5.74, 6) is 0.562. The van der Waals surface area contributed by atoms with Crippen LogP contribution in [0.2, 0.25) is 0 Å². The second kappa shape index (κ2) is 5.47. The molecule has 0 aliphatic carbocycles. The fourth-order valence-electron chi connectivity index (χ4n) is 2.90. The molecular formula is C17H18ClNO. The zero-order chi connectivity index (χ0) is 14.1. The van der Waals surface area contributed by atoms with E-state index in [9.17, 15) is 5.11 Å². The smallest absolute Gasteiger partial charge is 0.115 e. The molecule has 3 heteroatoms. The minimum Gasteiger partial charge on any atom is -0.508 e. The minimum atomic E-state index is -0.00740. The number of phenolic OH excluding ortho intramolecular Hbond substituents is 1. The molecular weight excluding hydrogens is 270 g/mol. The lowest BCUT2D eigenvalue weighted by Gasteiger charge is -2.24. The van der Waals surface area contributed by atoms with Crippen LogP contribution in [0.25, 0.3) is 0 Å². The molecule has 1 aliphatic rings. The summed E-state index contributed by atoms with van der Waals surface area (Å²) in [7, 11) is 2.05. The summed E-state index contributed by atoms with van der Waals surface area (Å²) in [6, 6.07) is 16.0. The van der Waals surface area contributed by atoms with Crippen molar-refractivity contribution in [1.82, 2.24) is 4.90 Å². The number of fused-ring (bicyclic) bond motifs is 1. The summed E-state index contributed by atoms with van der Waals surface area (Å²) >= 11 is 6.46. The Morgan fingerprint density at radius 3 is 2.65 bits per heavy atom. The normalized spacial score (nSPS) is 23.1. The third-order valence-electron chi connectivity index (χ3n) is 4.04. The standard InChI is InChI=1S/C17H18ClNO/c1-19-11-16(12-5-3-2-4-6-12)15-10-14(20)8-7-13(15)9-17(19)18/h2-8,10,16-17,20H,9,11H2,1H3. The number of rotatable bonds is 1. The van der Waals surface area contributed by atoms with Gasteiger partial charge in [-0.3, -0.25) is 4.90 Å². The highest BCUT2D eigenvalue weighted by molar-refractivity contribution is 6.20. The molecule has 2 aromatic rings. The van der Waals surface area contributed by atoms with Crippen LogP contribution >= 0.6 is 11.6 Å². The Hall–Kier alpha value is -1.51. The van der Waals surface area contributed by atoms with Crippen molar-refractivity contribution in [2.75, 3.05) is 13.6 Å². The van der Waals surface area contributed by atoms with Gasteiger partial charge < -0.3 is 5.11 Å². The number of alkyl halides is 1. The van der Waals surface area contributed by atoms with Crippen molar-refractivity contribution in [2.45, 2.75) is 17.8 Å². The second-order valence-electron chi connectivity index (χ2n) is 5.42. The average molecular weight is 288 g/mol. The van der Waals surface area contributed by atoms with Gasteiger partial charge in [0.25, 0.3) is 0 Å². The zero-order valence-electron chi connectivity index (χ0n) is 11.5. The van der Waals surface area contributed by atoms with Crippen LogP contribution in [-0.2, 0) is 6.42 Å². The molecule has 2 aromatic carbocycles. The van der Waals surface area contributed by atoms with Gasteiger partial charge in [-0.15, -0.1) is 11.6 Å². The highest BCUT2D eigenvalue weighted by Crippen LogP contribution is 2.35. The largest absolute Gasteiger partial charge is 0.508 e. The number of hydrogen-bond donors (Lipinski definition) is 1. The molecule has 104 valence electrons. The first-order chi connectivity index (χ1) is 9.65. The summed E-state index contributed by atoms with van der Waals surface area (Å²) in [4.78, 5) is 2.18. The maximum Gasteiger partial charge on any atom is 0.115 e. The maximum atomic E-state index is 9.83. The van der Waals surface area contributed by atoms with Crippen LogP contribution in [0.1, 0.15) is 22.6 Å². The summed E-state index contributed by atoms with van der Waals surface area (Å²) < 4.78 is 0. The van der Waals surface area contributed by atoms with Gasteiger partial charge in [0.05, 0.1) is 5.50 Å². The van der Waals surface area contributed by atoms with E-state index in [4.69, 9.17) is 11.6 Å². The number of phenols is 1. The molecule has 2 nitrogen and oxygen atoms in total. The molecule has 0 radical (unpaired) electrons. The van der Waals surface area contributed by atoms with Gasteiger partial charge in [0.15, 0.2) is 0 Å². The minimum absolute atomic E-state index is 0.00740. The summed E-state index contributed by atoms with van der Waals surface area (Å²) in [5, 5.41) is 9.83.